The van der Waals surface area contributed by atoms with E-state index in [1.54, 1.807) is 0 Å². The van der Waals surface area contributed by atoms with E-state index >= 15 is 0 Å². The van der Waals surface area contributed by atoms with Crippen LogP contribution >= 0.6 is 11.3 Å². The van der Waals surface area contributed by atoms with Gasteiger partial charge in [0.15, 0.2) is 6.61 Å². The van der Waals surface area contributed by atoms with E-state index in [4.69, 9.17) is 4.74 Å². The van der Waals surface area contributed by atoms with E-state index in [1.807, 2.05) is 42.6 Å². The lowest BCUT2D eigenvalue weighted by Gasteiger charge is -2.19. The van der Waals surface area contributed by atoms with Crippen LogP contribution in [0.15, 0.2) is 35.7 Å². The Morgan fingerprint density at radius 3 is 2.46 bits per heavy atom. The maximum absolute atomic E-state index is 11.9. The SMILES string of the molecule is Cc1ccsc1C(O)CNC(=O)COc1ccc(C(C)(C)C)cc1. The van der Waals surface area contributed by atoms with Crippen molar-refractivity contribution in [3.05, 3.63) is 51.7 Å². The summed E-state index contributed by atoms with van der Waals surface area (Å²) < 4.78 is 5.49. The number of aliphatic hydroxyl groups is 1. The second kappa shape index (κ2) is 7.81. The molecule has 1 aromatic carbocycles. The van der Waals surface area contributed by atoms with Crippen LogP contribution in [-0.2, 0) is 10.2 Å². The third-order valence-corrected chi connectivity index (χ3v) is 4.91. The number of nitrogens with one attached hydrogen (secondary N) is 1. The molecular formula is C19H25NO3S. The molecule has 2 aromatic rings. The number of aryl methyl sites for hydroxylation is 1. The van der Waals surface area contributed by atoms with E-state index in [-0.39, 0.29) is 24.5 Å². The van der Waals surface area contributed by atoms with Crippen molar-refractivity contribution in [1.82, 2.24) is 5.32 Å². The number of amides is 1. The van der Waals surface area contributed by atoms with E-state index in [9.17, 15) is 9.90 Å². The standard InChI is InChI=1S/C19H25NO3S/c1-13-9-10-24-18(13)16(21)11-20-17(22)12-23-15-7-5-14(6-8-15)19(2,3)4/h5-10,16,21H,11-12H2,1-4H3,(H,20,22). The van der Waals surface area contributed by atoms with Crippen molar-refractivity contribution in [2.45, 2.75) is 39.2 Å². The van der Waals surface area contributed by atoms with Crippen LogP contribution in [0.2, 0.25) is 0 Å². The first kappa shape index (κ1) is 18.5. The lowest BCUT2D eigenvalue weighted by molar-refractivity contribution is -0.123. The van der Waals surface area contributed by atoms with Gasteiger partial charge in [-0.2, -0.15) is 0 Å². The van der Waals surface area contributed by atoms with E-state index < -0.39 is 6.10 Å². The number of hydrogen-bond donors (Lipinski definition) is 2. The summed E-state index contributed by atoms with van der Waals surface area (Å²) >= 11 is 1.49. The van der Waals surface area contributed by atoms with Gasteiger partial charge in [0, 0.05) is 11.4 Å². The van der Waals surface area contributed by atoms with Gasteiger partial charge in [0.05, 0.1) is 0 Å². The zero-order chi connectivity index (χ0) is 17.7. The highest BCUT2D eigenvalue weighted by Gasteiger charge is 2.14. The van der Waals surface area contributed by atoms with Crippen molar-refractivity contribution in [3.8, 4) is 5.75 Å². The van der Waals surface area contributed by atoms with Crippen LogP contribution in [0.3, 0.4) is 0 Å². The van der Waals surface area contributed by atoms with Gasteiger partial charge in [-0.15, -0.1) is 11.3 Å². The first-order chi connectivity index (χ1) is 11.3. The van der Waals surface area contributed by atoms with Gasteiger partial charge >= 0.3 is 0 Å². The molecule has 1 atom stereocenters. The molecule has 0 aliphatic carbocycles. The Kier molecular flexibility index (Phi) is 6.02. The lowest BCUT2D eigenvalue weighted by Crippen LogP contribution is -2.32. The molecule has 0 radical (unpaired) electrons. The average Bonchev–Trinajstić information content (AvgIpc) is 2.96. The van der Waals surface area contributed by atoms with E-state index in [1.165, 1.54) is 16.9 Å². The Morgan fingerprint density at radius 1 is 1.25 bits per heavy atom. The molecule has 0 saturated heterocycles. The Morgan fingerprint density at radius 2 is 1.92 bits per heavy atom. The van der Waals surface area contributed by atoms with Crippen LogP contribution in [0.1, 0.15) is 42.9 Å². The number of hydrogen-bond acceptors (Lipinski definition) is 4. The number of aliphatic hydroxyl groups excluding tert-OH is 1. The molecule has 24 heavy (non-hydrogen) atoms. The third kappa shape index (κ3) is 5.08. The number of thiophene rings is 1. The van der Waals surface area contributed by atoms with Crippen molar-refractivity contribution < 1.29 is 14.6 Å². The quantitative estimate of drug-likeness (QED) is 0.840. The molecule has 1 unspecified atom stereocenters. The summed E-state index contributed by atoms with van der Waals surface area (Å²) in [5.74, 6) is 0.413. The van der Waals surface area contributed by atoms with Crippen LogP contribution in [0.25, 0.3) is 0 Å². The van der Waals surface area contributed by atoms with E-state index in [2.05, 4.69) is 26.1 Å². The molecule has 1 aromatic heterocycles. The number of benzene rings is 1. The van der Waals surface area contributed by atoms with Gasteiger partial charge < -0.3 is 15.2 Å². The minimum absolute atomic E-state index is 0.0645. The molecule has 0 saturated carbocycles. The summed E-state index contributed by atoms with van der Waals surface area (Å²) in [6.07, 6.45) is -0.681. The van der Waals surface area contributed by atoms with Gasteiger partial charge in [-0.25, -0.2) is 0 Å². The minimum Gasteiger partial charge on any atom is -0.484 e. The van der Waals surface area contributed by atoms with Crippen LogP contribution < -0.4 is 10.1 Å². The largest absolute Gasteiger partial charge is 0.484 e. The molecule has 1 heterocycles. The van der Waals surface area contributed by atoms with Crippen molar-refractivity contribution in [1.29, 1.82) is 0 Å². The Hall–Kier alpha value is -1.85. The predicted octanol–water partition coefficient (Wildman–Crippen LogP) is 3.58. The van der Waals surface area contributed by atoms with Gasteiger partial charge in [-0.3, -0.25) is 4.79 Å². The maximum Gasteiger partial charge on any atom is 0.258 e. The molecule has 130 valence electrons. The fourth-order valence-corrected chi connectivity index (χ4v) is 3.19. The van der Waals surface area contributed by atoms with Crippen molar-refractivity contribution in [2.24, 2.45) is 0 Å². The molecule has 2 N–H and O–H groups in total. The van der Waals surface area contributed by atoms with Gasteiger partial charge in [-0.1, -0.05) is 32.9 Å². The van der Waals surface area contributed by atoms with Crippen LogP contribution in [-0.4, -0.2) is 24.2 Å². The lowest BCUT2D eigenvalue weighted by atomic mass is 9.87. The zero-order valence-corrected chi connectivity index (χ0v) is 15.4. The molecule has 5 heteroatoms. The molecule has 0 fully saturated rings. The predicted molar refractivity (Wildman–Crippen MR) is 97.7 cm³/mol. The maximum atomic E-state index is 11.9. The molecule has 4 nitrogen and oxygen atoms in total. The Balaban J connectivity index is 1.78. The molecular weight excluding hydrogens is 322 g/mol. The summed E-state index contributed by atoms with van der Waals surface area (Å²) in [4.78, 5) is 12.7. The summed E-state index contributed by atoms with van der Waals surface area (Å²) in [6, 6.07) is 9.72. The number of ether oxygens (including phenoxy) is 1. The molecule has 0 aliphatic rings. The number of rotatable bonds is 6. The summed E-state index contributed by atoms with van der Waals surface area (Å²) in [5.41, 5.74) is 2.34. The monoisotopic (exact) mass is 347 g/mol. The normalized spacial score (nSPS) is 12.7. The number of carbonyl (C=O) groups is 1. The van der Waals surface area contributed by atoms with Crippen molar-refractivity contribution in [3.63, 3.8) is 0 Å². The summed E-state index contributed by atoms with van der Waals surface area (Å²) in [5, 5.41) is 14.7. The summed E-state index contributed by atoms with van der Waals surface area (Å²) in [7, 11) is 0. The van der Waals surface area contributed by atoms with Crippen LogP contribution in [0, 0.1) is 6.92 Å². The second-order valence-corrected chi connectivity index (χ2v) is 7.80. The van der Waals surface area contributed by atoms with E-state index in [0.29, 0.717) is 5.75 Å². The van der Waals surface area contributed by atoms with Crippen LogP contribution in [0.5, 0.6) is 5.75 Å². The molecule has 0 spiro atoms. The molecule has 0 bridgehead atoms. The smallest absolute Gasteiger partial charge is 0.258 e. The number of carbonyl (C=O) groups excluding carboxylic acids is 1. The topological polar surface area (TPSA) is 58.6 Å². The van der Waals surface area contributed by atoms with Gasteiger partial charge in [0.25, 0.3) is 5.91 Å². The zero-order valence-electron chi connectivity index (χ0n) is 14.6. The van der Waals surface area contributed by atoms with Gasteiger partial charge in [0.1, 0.15) is 11.9 Å². The van der Waals surface area contributed by atoms with Crippen LogP contribution in [0.4, 0.5) is 0 Å². The first-order valence-corrected chi connectivity index (χ1v) is 8.87. The average molecular weight is 347 g/mol. The highest BCUT2D eigenvalue weighted by atomic mass is 32.1. The Labute approximate surface area is 147 Å². The minimum atomic E-state index is -0.681. The Bertz CT molecular complexity index is 671. The van der Waals surface area contributed by atoms with Gasteiger partial charge in [-0.05, 0) is 47.0 Å². The molecule has 1 amide bonds. The van der Waals surface area contributed by atoms with Crippen molar-refractivity contribution >= 4 is 17.2 Å². The fraction of sp³-hybridized carbons (Fsp3) is 0.421. The molecule has 2 rings (SSSR count). The highest BCUT2D eigenvalue weighted by molar-refractivity contribution is 7.10. The second-order valence-electron chi connectivity index (χ2n) is 6.85. The summed E-state index contributed by atoms with van der Waals surface area (Å²) in [6.45, 7) is 8.52. The highest BCUT2D eigenvalue weighted by Crippen LogP contribution is 2.24. The third-order valence-electron chi connectivity index (χ3n) is 3.79. The molecule has 0 aliphatic heterocycles. The first-order valence-electron chi connectivity index (χ1n) is 7.99. The fourth-order valence-electron chi connectivity index (χ4n) is 2.28. The van der Waals surface area contributed by atoms with Crippen molar-refractivity contribution in [2.75, 3.05) is 13.2 Å². The van der Waals surface area contributed by atoms with E-state index in [0.717, 1.165) is 10.4 Å². The van der Waals surface area contributed by atoms with Gasteiger partial charge in [0.2, 0.25) is 0 Å².